The number of aryl methyl sites for hydroxylation is 1. The van der Waals surface area contributed by atoms with Crippen LogP contribution in [0.2, 0.25) is 0 Å². The van der Waals surface area contributed by atoms with Gasteiger partial charge >= 0.3 is 0 Å². The minimum absolute atomic E-state index is 0.235. The van der Waals surface area contributed by atoms with E-state index in [-0.39, 0.29) is 37.6 Å². The third kappa shape index (κ3) is 52.7. The molecule has 0 amide bonds. The Hall–Kier alpha value is -2.00. The highest BCUT2D eigenvalue weighted by molar-refractivity contribution is 7.86. The third-order valence-corrected chi connectivity index (χ3v) is 10.3. The van der Waals surface area contributed by atoms with Crippen LogP contribution in [0.5, 0.6) is 11.5 Å². The third-order valence-electron chi connectivity index (χ3n) is 8.66. The lowest BCUT2D eigenvalue weighted by Crippen LogP contribution is -2.15. The van der Waals surface area contributed by atoms with Gasteiger partial charge < -0.3 is 85.3 Å². The van der Waals surface area contributed by atoms with Crippen LogP contribution in [-0.4, -0.2) is 262 Å². The van der Waals surface area contributed by atoms with Crippen molar-refractivity contribution < 1.29 is 111 Å². The zero-order valence-corrected chi connectivity index (χ0v) is 43.4. The molecule has 1 aromatic carbocycles. The first-order valence-electron chi connectivity index (χ1n) is 24.1. The molecule has 0 saturated carbocycles. The summed E-state index contributed by atoms with van der Waals surface area (Å²) in [4.78, 5) is 0. The molecule has 0 bridgehead atoms. The average molecular weight is 1070 g/mol. The van der Waals surface area contributed by atoms with Gasteiger partial charge in [-0.15, -0.1) is 0 Å². The highest BCUT2D eigenvalue weighted by atomic mass is 32.2. The Morgan fingerprint density at radius 2 is 0.493 bits per heavy atom. The second kappa shape index (κ2) is 50.2. The fourth-order valence-corrected chi connectivity index (χ4v) is 6.20. The van der Waals surface area contributed by atoms with Crippen molar-refractivity contribution in [2.75, 3.05) is 236 Å². The highest BCUT2D eigenvalue weighted by Crippen LogP contribution is 2.28. The Bertz CT molecular complexity index is 1510. The van der Waals surface area contributed by atoms with Crippen LogP contribution in [-0.2, 0) is 96.0 Å². The van der Waals surface area contributed by atoms with Crippen LogP contribution in [0.4, 0.5) is 0 Å². The van der Waals surface area contributed by atoms with Crippen LogP contribution in [0.3, 0.4) is 0 Å². The van der Waals surface area contributed by atoms with Gasteiger partial charge in [0.15, 0.2) is 11.5 Å². The maximum absolute atomic E-state index is 10.6. The van der Waals surface area contributed by atoms with E-state index in [9.17, 15) is 16.8 Å². The summed E-state index contributed by atoms with van der Waals surface area (Å²) in [6, 6.07) is 5.76. The zero-order valence-electron chi connectivity index (χ0n) is 41.8. The molecular weight excluding hydrogens is 989 g/mol. The fraction of sp³-hybridized carbons (Fsp3) is 0.867. The second-order valence-corrected chi connectivity index (χ2v) is 17.9. The lowest BCUT2D eigenvalue weighted by Gasteiger charge is -2.14. The van der Waals surface area contributed by atoms with Gasteiger partial charge in [0.1, 0.15) is 13.2 Å². The molecule has 0 aliphatic rings. The van der Waals surface area contributed by atoms with Crippen molar-refractivity contribution in [2.24, 2.45) is 0 Å². The molecule has 1 aromatic rings. The summed E-state index contributed by atoms with van der Waals surface area (Å²) in [5.41, 5.74) is 1.05. The number of benzene rings is 1. The maximum atomic E-state index is 10.6. The first-order valence-corrected chi connectivity index (χ1v) is 27.3. The van der Waals surface area contributed by atoms with Crippen molar-refractivity contribution >= 4 is 20.2 Å². The van der Waals surface area contributed by atoms with E-state index >= 15 is 0 Å². The summed E-state index contributed by atoms with van der Waals surface area (Å²) in [7, 11) is -7.88. The Balaban J connectivity index is 1.80. The van der Waals surface area contributed by atoms with E-state index in [1.54, 1.807) is 0 Å². The predicted molar refractivity (Wildman–Crippen MR) is 257 cm³/mol. The van der Waals surface area contributed by atoms with Crippen molar-refractivity contribution in [3.63, 3.8) is 0 Å². The van der Waals surface area contributed by atoms with Crippen LogP contribution in [0, 0.1) is 6.92 Å². The Morgan fingerprint density at radius 3 is 0.718 bits per heavy atom. The molecule has 26 heteroatoms. The molecule has 0 aliphatic carbocycles. The van der Waals surface area contributed by atoms with Crippen LogP contribution < -0.4 is 9.47 Å². The van der Waals surface area contributed by atoms with Crippen molar-refractivity contribution in [3.8, 4) is 11.5 Å². The summed E-state index contributed by atoms with van der Waals surface area (Å²) >= 11 is 0. The average Bonchev–Trinajstić information content (AvgIpc) is 3.33. The van der Waals surface area contributed by atoms with Crippen molar-refractivity contribution in [2.45, 2.75) is 19.8 Å². The van der Waals surface area contributed by atoms with Crippen LogP contribution in [0.1, 0.15) is 18.4 Å². The number of hydrogen-bond acceptors (Lipinski definition) is 22. The van der Waals surface area contributed by atoms with E-state index < -0.39 is 20.2 Å². The Morgan fingerprint density at radius 1 is 0.296 bits per heavy atom. The molecule has 2 N–H and O–H groups in total. The summed E-state index contributed by atoms with van der Waals surface area (Å²) in [6.45, 7) is 16.0. The van der Waals surface area contributed by atoms with Gasteiger partial charge in [0.25, 0.3) is 20.2 Å². The summed E-state index contributed by atoms with van der Waals surface area (Å²) in [5, 5.41) is 0. The van der Waals surface area contributed by atoms with Gasteiger partial charge in [0.2, 0.25) is 0 Å². The van der Waals surface area contributed by atoms with Crippen molar-refractivity contribution in [1.82, 2.24) is 0 Å². The van der Waals surface area contributed by atoms with Gasteiger partial charge in [0, 0.05) is 13.2 Å². The maximum Gasteiger partial charge on any atom is 0.264 e. The molecule has 0 aromatic heterocycles. The topological polar surface area (TPSA) is 275 Å². The second-order valence-electron chi connectivity index (χ2n) is 14.7. The van der Waals surface area contributed by atoms with E-state index in [1.165, 1.54) is 0 Å². The molecule has 0 radical (unpaired) electrons. The number of hydrogen-bond donors (Lipinski definition) is 2. The van der Waals surface area contributed by atoms with Crippen LogP contribution >= 0.6 is 0 Å². The lowest BCUT2D eigenvalue weighted by atomic mass is 10.2. The zero-order chi connectivity index (χ0) is 51.5. The Labute approximate surface area is 421 Å². The summed E-state index contributed by atoms with van der Waals surface area (Å²) < 4.78 is 159. The predicted octanol–water partition coefficient (Wildman–Crippen LogP) is 1.57. The van der Waals surface area contributed by atoms with Crippen molar-refractivity contribution in [1.29, 1.82) is 0 Å². The van der Waals surface area contributed by atoms with Gasteiger partial charge in [-0.1, -0.05) is 6.07 Å². The molecular formula is C45H84O24S2. The van der Waals surface area contributed by atoms with Crippen LogP contribution in [0.25, 0.3) is 0 Å². The number of ether oxygens (including phenoxy) is 18. The molecule has 0 fully saturated rings. The lowest BCUT2D eigenvalue weighted by molar-refractivity contribution is -0.0237. The normalized spacial score (nSPS) is 12.0. The minimum atomic E-state index is -3.94. The van der Waals surface area contributed by atoms with Gasteiger partial charge in [0.05, 0.1) is 210 Å². The minimum Gasteiger partial charge on any atom is -0.487 e. The van der Waals surface area contributed by atoms with E-state index in [4.69, 9.17) is 94.4 Å². The quantitative estimate of drug-likeness (QED) is 0.0692. The van der Waals surface area contributed by atoms with Crippen LogP contribution in [0.15, 0.2) is 18.2 Å². The van der Waals surface area contributed by atoms with Gasteiger partial charge in [-0.05, 0) is 37.5 Å². The summed E-state index contributed by atoms with van der Waals surface area (Å²) in [6.07, 6.45) is 0.471. The monoisotopic (exact) mass is 1070 g/mol. The molecule has 0 spiro atoms. The SMILES string of the molecule is Cc1ccc(OCCOCCOCCOCCOCCOCCOCCOCCOCCCS(=O)(=O)O)c(OCCOCCOCCOCCOCCOCCOCCOCCOCCCS(=O)(=O)O)c1. The van der Waals surface area contributed by atoms with Gasteiger partial charge in [-0.25, -0.2) is 0 Å². The molecule has 24 nitrogen and oxygen atoms in total. The van der Waals surface area contributed by atoms with E-state index in [0.29, 0.717) is 223 Å². The standard InChI is InChI=1S/C45H84O24S2/c1-43-4-5-44(68-38-36-66-34-32-64-30-28-62-26-24-60-22-20-58-18-16-56-14-12-54-10-8-52-6-2-40-70(46,47)48)45(42-43)69-39-37-67-35-33-65-31-29-63-27-25-61-23-21-59-19-17-57-15-13-55-11-9-53-7-3-41-71(49,50)51/h4-5,42H,2-3,6-41H2,1H3,(H,46,47,48)(H,49,50,51). The summed E-state index contributed by atoms with van der Waals surface area (Å²) in [5.74, 6) is 0.640. The molecule has 0 unspecified atom stereocenters. The first kappa shape index (κ1) is 67.0. The molecule has 420 valence electrons. The van der Waals surface area contributed by atoms with Crippen molar-refractivity contribution in [3.05, 3.63) is 23.8 Å². The van der Waals surface area contributed by atoms with E-state index in [2.05, 4.69) is 0 Å². The first-order chi connectivity index (χ1) is 34.6. The van der Waals surface area contributed by atoms with Gasteiger partial charge in [-0.2, -0.15) is 16.8 Å². The number of rotatable bonds is 58. The smallest absolute Gasteiger partial charge is 0.264 e. The Kier molecular flexibility index (Phi) is 47.4. The fourth-order valence-electron chi connectivity index (χ4n) is 5.24. The molecule has 1 rings (SSSR count). The largest absolute Gasteiger partial charge is 0.487 e. The van der Waals surface area contributed by atoms with E-state index in [0.717, 1.165) is 5.56 Å². The molecule has 0 aliphatic heterocycles. The molecule has 0 saturated heterocycles. The van der Waals surface area contributed by atoms with E-state index in [1.807, 2.05) is 25.1 Å². The molecule has 0 atom stereocenters. The van der Waals surface area contributed by atoms with Gasteiger partial charge in [-0.3, -0.25) is 9.11 Å². The highest BCUT2D eigenvalue weighted by Gasteiger charge is 2.08. The molecule has 71 heavy (non-hydrogen) atoms. The molecule has 0 heterocycles.